The fourth-order valence-electron chi connectivity index (χ4n) is 5.37. The minimum Gasteiger partial charge on any atom is -0.378 e. The van der Waals surface area contributed by atoms with Crippen LogP contribution in [-0.4, -0.2) is 66.3 Å². The average molecular weight is 448 g/mol. The van der Waals surface area contributed by atoms with Crippen molar-refractivity contribution in [1.29, 1.82) is 5.26 Å². The van der Waals surface area contributed by atoms with E-state index in [1.54, 1.807) is 18.3 Å². The number of anilines is 3. The van der Waals surface area contributed by atoms with Gasteiger partial charge in [0.15, 0.2) is 0 Å². The summed E-state index contributed by atoms with van der Waals surface area (Å²) in [6.07, 6.45) is 6.07. The van der Waals surface area contributed by atoms with Crippen LogP contribution < -0.4 is 16.0 Å². The Labute approximate surface area is 195 Å². The van der Waals surface area contributed by atoms with Crippen molar-refractivity contribution in [3.63, 3.8) is 0 Å². The van der Waals surface area contributed by atoms with Crippen LogP contribution in [0.25, 0.3) is 0 Å². The third-order valence-corrected chi connectivity index (χ3v) is 7.70. The van der Waals surface area contributed by atoms with Crippen molar-refractivity contribution in [2.75, 3.05) is 49.6 Å². The summed E-state index contributed by atoms with van der Waals surface area (Å²) >= 11 is 0. The molecule has 3 saturated heterocycles. The van der Waals surface area contributed by atoms with Crippen LogP contribution in [0, 0.1) is 11.3 Å². The van der Waals surface area contributed by atoms with Crippen molar-refractivity contribution >= 4 is 17.5 Å². The van der Waals surface area contributed by atoms with E-state index in [0.29, 0.717) is 30.0 Å². The summed E-state index contributed by atoms with van der Waals surface area (Å²) in [6, 6.07) is 11.1. The first-order valence-corrected chi connectivity index (χ1v) is 12.0. The Bertz CT molecular complexity index is 1020. The monoisotopic (exact) mass is 447 g/mol. The zero-order valence-electron chi connectivity index (χ0n) is 19.3. The molecular weight excluding hydrogens is 414 g/mol. The Hall–Kier alpha value is -2.73. The third-order valence-electron chi connectivity index (χ3n) is 7.70. The Kier molecular flexibility index (Phi) is 6.19. The lowest BCUT2D eigenvalue weighted by atomic mass is 9.72. The van der Waals surface area contributed by atoms with Crippen molar-refractivity contribution in [2.45, 2.75) is 50.1 Å². The Balaban J connectivity index is 1.47. The number of piperidine rings is 1. The van der Waals surface area contributed by atoms with Crippen molar-refractivity contribution in [1.82, 2.24) is 14.9 Å². The van der Waals surface area contributed by atoms with Gasteiger partial charge in [0.1, 0.15) is 17.5 Å². The van der Waals surface area contributed by atoms with Crippen LogP contribution in [0.1, 0.15) is 43.7 Å². The van der Waals surface area contributed by atoms with Crippen molar-refractivity contribution in [3.05, 3.63) is 41.6 Å². The summed E-state index contributed by atoms with van der Waals surface area (Å²) in [6.45, 7) is 7.68. The molecule has 3 aliphatic heterocycles. The molecule has 1 atom stereocenters. The molecule has 8 heteroatoms. The fraction of sp³-hybridized carbons (Fsp3) is 0.560. The van der Waals surface area contributed by atoms with Crippen LogP contribution in [0.5, 0.6) is 0 Å². The largest absolute Gasteiger partial charge is 0.378 e. The predicted octanol–water partition coefficient (Wildman–Crippen LogP) is 2.77. The molecule has 0 bridgehead atoms. The SMILES string of the molecule is CC1CCCN1c1cc(C2(CN)CCN(C3COC3)CC2)cc(Nc2cc(C#N)ccn2)n1. The first-order chi connectivity index (χ1) is 16.1. The summed E-state index contributed by atoms with van der Waals surface area (Å²) in [7, 11) is 0. The highest BCUT2D eigenvalue weighted by Crippen LogP contribution is 2.39. The second-order valence-electron chi connectivity index (χ2n) is 9.66. The number of nitrogens with zero attached hydrogens (tertiary/aromatic N) is 5. The maximum atomic E-state index is 9.25. The lowest BCUT2D eigenvalue weighted by molar-refractivity contribution is -0.0755. The Morgan fingerprint density at radius 3 is 2.67 bits per heavy atom. The smallest absolute Gasteiger partial charge is 0.134 e. The highest BCUT2D eigenvalue weighted by atomic mass is 16.5. The molecule has 0 amide bonds. The van der Waals surface area contributed by atoms with Crippen LogP contribution >= 0.6 is 0 Å². The molecule has 0 saturated carbocycles. The standard InChI is InChI=1S/C25H33N7O/c1-18-3-2-8-32(18)24-13-20(12-23(30-24)29-22-11-19(14-26)4-7-28-22)25(17-27)5-9-31(10-6-25)21-15-33-16-21/h4,7,11-13,18,21H,2-3,5-6,8-10,15-17,27H2,1H3,(H,28,29,30). The molecule has 174 valence electrons. The van der Waals surface area contributed by atoms with Crippen LogP contribution in [0.3, 0.4) is 0 Å². The Morgan fingerprint density at radius 1 is 1.21 bits per heavy atom. The van der Waals surface area contributed by atoms with Crippen LogP contribution in [0.4, 0.5) is 17.5 Å². The summed E-state index contributed by atoms with van der Waals surface area (Å²) < 4.78 is 5.41. The molecule has 33 heavy (non-hydrogen) atoms. The van der Waals surface area contributed by atoms with Gasteiger partial charge in [-0.2, -0.15) is 5.26 Å². The molecule has 5 rings (SSSR count). The summed E-state index contributed by atoms with van der Waals surface area (Å²) in [5, 5.41) is 12.6. The van der Waals surface area contributed by atoms with Gasteiger partial charge in [-0.05, 0) is 75.5 Å². The van der Waals surface area contributed by atoms with E-state index in [0.717, 1.165) is 57.3 Å². The van der Waals surface area contributed by atoms with Gasteiger partial charge in [0.2, 0.25) is 0 Å². The lowest BCUT2D eigenvalue weighted by Crippen LogP contribution is -2.55. The van der Waals surface area contributed by atoms with Crippen molar-refractivity contribution < 1.29 is 4.74 Å². The molecule has 0 aliphatic carbocycles. The zero-order chi connectivity index (χ0) is 22.8. The van der Waals surface area contributed by atoms with Gasteiger partial charge in [0.05, 0.1) is 30.9 Å². The van der Waals surface area contributed by atoms with Crippen LogP contribution in [0.15, 0.2) is 30.5 Å². The first kappa shape index (κ1) is 22.1. The first-order valence-electron chi connectivity index (χ1n) is 12.0. The number of hydrogen-bond donors (Lipinski definition) is 2. The highest BCUT2D eigenvalue weighted by molar-refractivity contribution is 5.60. The number of rotatable bonds is 6. The van der Waals surface area contributed by atoms with Crippen molar-refractivity contribution in [2.24, 2.45) is 5.73 Å². The minimum atomic E-state index is -0.0693. The molecule has 3 aliphatic rings. The number of nitriles is 1. The van der Waals surface area contributed by atoms with Gasteiger partial charge in [-0.1, -0.05) is 0 Å². The quantitative estimate of drug-likeness (QED) is 0.697. The molecule has 3 fully saturated rings. The van der Waals surface area contributed by atoms with E-state index in [-0.39, 0.29) is 5.41 Å². The van der Waals surface area contributed by atoms with Crippen LogP contribution in [0.2, 0.25) is 0 Å². The van der Waals surface area contributed by atoms with E-state index in [1.807, 2.05) is 0 Å². The van der Waals surface area contributed by atoms with E-state index in [1.165, 1.54) is 18.4 Å². The highest BCUT2D eigenvalue weighted by Gasteiger charge is 2.39. The molecule has 0 spiro atoms. The van der Waals surface area contributed by atoms with Gasteiger partial charge in [-0.15, -0.1) is 0 Å². The van der Waals surface area contributed by atoms with Gasteiger partial charge in [0.25, 0.3) is 0 Å². The number of hydrogen-bond acceptors (Lipinski definition) is 8. The average Bonchev–Trinajstić information content (AvgIpc) is 3.24. The summed E-state index contributed by atoms with van der Waals surface area (Å²) in [5.74, 6) is 2.38. The second-order valence-corrected chi connectivity index (χ2v) is 9.66. The molecule has 1 unspecified atom stereocenters. The van der Waals surface area contributed by atoms with E-state index in [9.17, 15) is 5.26 Å². The lowest BCUT2D eigenvalue weighted by Gasteiger charge is -2.46. The van der Waals surface area contributed by atoms with E-state index in [2.05, 4.69) is 45.2 Å². The number of likely N-dealkylation sites (tertiary alicyclic amines) is 1. The third kappa shape index (κ3) is 4.41. The van der Waals surface area contributed by atoms with Gasteiger partial charge < -0.3 is 20.7 Å². The number of nitrogens with two attached hydrogens (primary N) is 1. The molecule has 2 aromatic heterocycles. The molecule has 5 heterocycles. The second kappa shape index (κ2) is 9.26. The van der Waals surface area contributed by atoms with Gasteiger partial charge in [-0.3, -0.25) is 4.90 Å². The van der Waals surface area contributed by atoms with Gasteiger partial charge in [0, 0.05) is 30.7 Å². The van der Waals surface area contributed by atoms with Gasteiger partial charge in [-0.25, -0.2) is 9.97 Å². The molecular formula is C25H33N7O. The zero-order valence-corrected chi connectivity index (χ0v) is 19.3. The van der Waals surface area contributed by atoms with Crippen molar-refractivity contribution in [3.8, 4) is 6.07 Å². The number of aromatic nitrogens is 2. The number of ether oxygens (including phenoxy) is 1. The molecule has 3 N–H and O–H groups in total. The topological polar surface area (TPSA) is 103 Å². The normalized spacial score (nSPS) is 23.2. The predicted molar refractivity (Wildman–Crippen MR) is 129 cm³/mol. The molecule has 0 radical (unpaired) electrons. The molecule has 8 nitrogen and oxygen atoms in total. The Morgan fingerprint density at radius 2 is 2.03 bits per heavy atom. The van der Waals surface area contributed by atoms with E-state index in [4.69, 9.17) is 15.5 Å². The molecule has 0 aromatic carbocycles. The van der Waals surface area contributed by atoms with E-state index < -0.39 is 0 Å². The summed E-state index contributed by atoms with van der Waals surface area (Å²) in [5.41, 5.74) is 8.21. The van der Waals surface area contributed by atoms with Crippen LogP contribution in [-0.2, 0) is 10.2 Å². The maximum Gasteiger partial charge on any atom is 0.134 e. The van der Waals surface area contributed by atoms with E-state index >= 15 is 0 Å². The fourth-order valence-corrected chi connectivity index (χ4v) is 5.37. The number of nitrogens with one attached hydrogen (secondary N) is 1. The number of pyridine rings is 2. The molecule has 2 aromatic rings. The maximum absolute atomic E-state index is 9.25. The van der Waals surface area contributed by atoms with Gasteiger partial charge >= 0.3 is 0 Å². The summed E-state index contributed by atoms with van der Waals surface area (Å²) in [4.78, 5) is 14.3. The minimum absolute atomic E-state index is 0.0693.